The van der Waals surface area contributed by atoms with Gasteiger partial charge in [0.15, 0.2) is 0 Å². The Balaban J connectivity index is 0.00000484. The van der Waals surface area contributed by atoms with Gasteiger partial charge in [0, 0.05) is 54.0 Å². The first-order valence-corrected chi connectivity index (χ1v) is 19.8. The van der Waals surface area contributed by atoms with Gasteiger partial charge in [-0.05, 0) is 63.4 Å². The molecule has 0 aliphatic rings. The Bertz CT molecular complexity index is 3420. The molecule has 0 N–H and O–H groups in total. The van der Waals surface area contributed by atoms with Crippen LogP contribution in [0.1, 0.15) is 9.68 Å². The standard InChI is InChI=1S/C55H36N4O.Pt/c1-38-33-54(56-36-49(38)41-21-9-4-10-22-41)59-50-28-12-11-25-47(50)48-32-31-44(35-53(48)59)60-43-24-15-23-42(34-43)57-37-58(52-30-14-13-29-51(52)57)55-45(39-17-5-2-6-18-39)26-16-27-46(55)40-19-7-3-8-20-40;/h2-33,36H,1H3;/q-2;/i1D3;. The zero-order valence-corrected chi connectivity index (χ0v) is 34.8. The second kappa shape index (κ2) is 16.0. The minimum Gasteiger partial charge on any atom is -0.510 e. The van der Waals surface area contributed by atoms with Gasteiger partial charge in [-0.3, -0.25) is 4.57 Å². The normalized spacial score (nSPS) is 12.2. The molecule has 0 aliphatic carbocycles. The Hall–Kier alpha value is -7.33. The van der Waals surface area contributed by atoms with Crippen LogP contribution in [0.5, 0.6) is 11.5 Å². The molecule has 0 unspecified atom stereocenters. The fourth-order valence-electron chi connectivity index (χ4n) is 8.22. The fourth-order valence-corrected chi connectivity index (χ4v) is 8.22. The summed E-state index contributed by atoms with van der Waals surface area (Å²) in [5.74, 6) is 1.44. The molecule has 0 amide bonds. The topological polar surface area (TPSA) is 35.9 Å². The molecule has 294 valence electrons. The van der Waals surface area contributed by atoms with E-state index < -0.39 is 6.85 Å². The van der Waals surface area contributed by atoms with Gasteiger partial charge in [0.1, 0.15) is 5.82 Å². The van der Waals surface area contributed by atoms with Gasteiger partial charge in [-0.25, -0.2) is 4.98 Å². The van der Waals surface area contributed by atoms with Gasteiger partial charge in [-0.15, -0.1) is 29.7 Å². The van der Waals surface area contributed by atoms with Gasteiger partial charge in [-0.2, -0.15) is 18.2 Å². The van der Waals surface area contributed by atoms with E-state index in [1.165, 1.54) is 0 Å². The van der Waals surface area contributed by atoms with E-state index in [0.717, 1.165) is 66.5 Å². The van der Waals surface area contributed by atoms with E-state index >= 15 is 0 Å². The van der Waals surface area contributed by atoms with E-state index in [1.807, 2.05) is 112 Å². The Morgan fingerprint density at radius 3 is 1.87 bits per heavy atom. The number of nitrogens with zero attached hydrogens (tertiary/aromatic N) is 4. The molecule has 0 spiro atoms. The van der Waals surface area contributed by atoms with Gasteiger partial charge in [0.25, 0.3) is 6.33 Å². The number of benzene rings is 8. The van der Waals surface area contributed by atoms with Crippen LogP contribution in [0.4, 0.5) is 0 Å². The molecule has 0 fully saturated rings. The van der Waals surface area contributed by atoms with Crippen molar-refractivity contribution in [1.29, 1.82) is 0 Å². The van der Waals surface area contributed by atoms with Gasteiger partial charge >= 0.3 is 0 Å². The van der Waals surface area contributed by atoms with Crippen LogP contribution in [-0.2, 0) is 21.1 Å². The van der Waals surface area contributed by atoms with Crippen LogP contribution in [0.3, 0.4) is 0 Å². The maximum absolute atomic E-state index is 8.49. The average molecular weight is 967 g/mol. The number of para-hydroxylation sites is 4. The van der Waals surface area contributed by atoms with Crippen molar-refractivity contribution in [2.75, 3.05) is 0 Å². The minimum absolute atomic E-state index is 0. The second-order valence-corrected chi connectivity index (χ2v) is 14.6. The third-order valence-corrected chi connectivity index (χ3v) is 11.0. The summed E-state index contributed by atoms with van der Waals surface area (Å²) >= 11 is 0. The number of aromatic nitrogens is 4. The van der Waals surface area contributed by atoms with Crippen LogP contribution in [0, 0.1) is 25.3 Å². The van der Waals surface area contributed by atoms with E-state index in [2.05, 4.69) is 108 Å². The van der Waals surface area contributed by atoms with Crippen molar-refractivity contribution in [3.05, 3.63) is 224 Å². The summed E-state index contributed by atoms with van der Waals surface area (Å²) < 4.78 is 38.2. The molecule has 11 aromatic rings. The molecule has 3 heterocycles. The molecule has 61 heavy (non-hydrogen) atoms. The zero-order chi connectivity index (χ0) is 42.5. The van der Waals surface area contributed by atoms with E-state index in [-0.39, 0.29) is 26.6 Å². The van der Waals surface area contributed by atoms with Crippen molar-refractivity contribution in [3.8, 4) is 62.1 Å². The van der Waals surface area contributed by atoms with E-state index in [0.29, 0.717) is 28.4 Å². The van der Waals surface area contributed by atoms with Crippen molar-refractivity contribution >= 4 is 32.8 Å². The molecule has 0 bridgehead atoms. The maximum atomic E-state index is 8.49. The van der Waals surface area contributed by atoms with Crippen LogP contribution in [0.2, 0.25) is 0 Å². The summed E-state index contributed by atoms with van der Waals surface area (Å²) in [7, 11) is 0. The molecule has 0 saturated heterocycles. The van der Waals surface area contributed by atoms with Crippen LogP contribution >= 0.6 is 0 Å². The molecule has 11 rings (SSSR count). The summed E-state index contributed by atoms with van der Waals surface area (Å²) in [6.45, 7) is -2.38. The molecular formula is C55H36N4OPt-2. The molecule has 6 heteroatoms. The summed E-state index contributed by atoms with van der Waals surface area (Å²) in [4.78, 5) is 4.86. The first-order valence-electron chi connectivity index (χ1n) is 21.3. The Kier molecular flexibility index (Phi) is 9.07. The molecule has 0 radical (unpaired) electrons. The summed E-state index contributed by atoms with van der Waals surface area (Å²) in [5, 5.41) is 1.92. The Morgan fingerprint density at radius 1 is 0.557 bits per heavy atom. The molecule has 5 nitrogen and oxygen atoms in total. The van der Waals surface area contributed by atoms with Crippen LogP contribution in [-0.4, -0.2) is 14.1 Å². The van der Waals surface area contributed by atoms with Crippen molar-refractivity contribution in [2.45, 2.75) is 6.85 Å². The molecule has 8 aromatic carbocycles. The van der Waals surface area contributed by atoms with Crippen molar-refractivity contribution in [3.63, 3.8) is 0 Å². The number of ether oxygens (including phenoxy) is 1. The largest absolute Gasteiger partial charge is 0.510 e. The second-order valence-electron chi connectivity index (χ2n) is 14.6. The Morgan fingerprint density at radius 2 is 1.16 bits per heavy atom. The van der Waals surface area contributed by atoms with E-state index in [4.69, 9.17) is 13.8 Å². The number of rotatable bonds is 8. The van der Waals surface area contributed by atoms with E-state index in [1.54, 1.807) is 12.3 Å². The molecule has 0 atom stereocenters. The average Bonchev–Trinajstić information content (AvgIpc) is 3.88. The minimum atomic E-state index is -2.38. The number of imidazole rings is 1. The summed E-state index contributed by atoms with van der Waals surface area (Å²) in [6, 6.07) is 71.6. The number of hydrogen-bond acceptors (Lipinski definition) is 2. The molecule has 0 saturated carbocycles. The zero-order valence-electron chi connectivity index (χ0n) is 35.6. The van der Waals surface area contributed by atoms with Gasteiger partial charge in [0.05, 0.1) is 16.7 Å². The third-order valence-electron chi connectivity index (χ3n) is 11.0. The predicted molar refractivity (Wildman–Crippen MR) is 241 cm³/mol. The van der Waals surface area contributed by atoms with Crippen molar-refractivity contribution in [1.82, 2.24) is 14.1 Å². The van der Waals surface area contributed by atoms with Crippen molar-refractivity contribution in [2.24, 2.45) is 0 Å². The summed E-state index contributed by atoms with van der Waals surface area (Å²) in [5.41, 5.74) is 11.2. The van der Waals surface area contributed by atoms with Crippen molar-refractivity contribution < 1.29 is 34.5 Å². The number of hydrogen-bond donors (Lipinski definition) is 0. The fraction of sp³-hybridized carbons (Fsp3) is 0.0182. The van der Waals surface area contributed by atoms with Crippen LogP contribution < -0.4 is 9.30 Å². The summed E-state index contributed by atoms with van der Waals surface area (Å²) in [6.07, 6.45) is 5.37. The predicted octanol–water partition coefficient (Wildman–Crippen LogP) is 12.9. The first-order chi connectivity index (χ1) is 30.9. The monoisotopic (exact) mass is 966 g/mol. The van der Waals surface area contributed by atoms with Crippen LogP contribution in [0.15, 0.2) is 200 Å². The molecule has 0 aliphatic heterocycles. The SMILES string of the molecule is [2H]C([2H])([2H])c1cc(-n2c3[c-]c(Oc4[c-]c(-n5[c-][n+](-c6c(-c7ccccc7)cccc6-c6ccccc6)c6ccccc65)ccc4)ccc3c3ccccc32)ncc1-c1ccccc1.[Pt]. The Labute approximate surface area is 372 Å². The number of fused-ring (bicyclic) bond motifs is 4. The first kappa shape index (κ1) is 34.5. The smallest absolute Gasteiger partial charge is 0.268 e. The van der Waals surface area contributed by atoms with Crippen LogP contribution in [0.25, 0.3) is 83.4 Å². The third kappa shape index (κ3) is 6.83. The van der Waals surface area contributed by atoms with E-state index in [9.17, 15) is 0 Å². The van der Waals surface area contributed by atoms with Gasteiger partial charge in [0.2, 0.25) is 0 Å². The molecule has 3 aromatic heterocycles. The number of pyridine rings is 1. The maximum Gasteiger partial charge on any atom is 0.268 e. The molecular weight excluding hydrogens is 928 g/mol. The quantitative estimate of drug-likeness (QED) is 0.112. The van der Waals surface area contributed by atoms with Gasteiger partial charge in [-0.1, -0.05) is 157 Å². The van der Waals surface area contributed by atoms with Gasteiger partial charge < -0.3 is 13.9 Å². The number of aryl methyl sites for hydroxylation is 1.